The van der Waals surface area contributed by atoms with Crippen molar-refractivity contribution >= 4 is 23.4 Å². The number of hydrogen-bond donors (Lipinski definition) is 0. The summed E-state index contributed by atoms with van der Waals surface area (Å²) < 4.78 is 24.0. The van der Waals surface area contributed by atoms with Gasteiger partial charge in [0.25, 0.3) is 5.56 Å². The molecule has 0 aliphatic carbocycles. The van der Waals surface area contributed by atoms with Gasteiger partial charge in [0.15, 0.2) is 16.3 Å². The van der Waals surface area contributed by atoms with Crippen molar-refractivity contribution in [3.63, 3.8) is 0 Å². The number of carbonyl (C=O) groups is 1. The summed E-state index contributed by atoms with van der Waals surface area (Å²) in [7, 11) is 3.15. The second-order valence-corrected chi connectivity index (χ2v) is 8.90. The molecule has 2 heterocycles. The van der Waals surface area contributed by atoms with E-state index >= 15 is 0 Å². The first-order valence-corrected chi connectivity index (χ1v) is 12.4. The van der Waals surface area contributed by atoms with E-state index in [2.05, 4.69) is 4.99 Å². The lowest BCUT2D eigenvalue weighted by Gasteiger charge is -2.25. The Kier molecular flexibility index (Phi) is 7.59. The number of methoxy groups -OCH3 is 2. The average Bonchev–Trinajstić information content (AvgIpc) is 3.18. The molecule has 0 fully saturated rings. The number of esters is 1. The molecule has 0 bridgehead atoms. The summed E-state index contributed by atoms with van der Waals surface area (Å²) in [6.07, 6.45) is 1.78. The predicted molar refractivity (Wildman–Crippen MR) is 138 cm³/mol. The number of allylic oxidation sites excluding steroid dienone is 1. The number of rotatable bonds is 8. The van der Waals surface area contributed by atoms with Crippen LogP contribution in [0.5, 0.6) is 17.2 Å². The number of hydrogen-bond acceptors (Lipinski definition) is 8. The molecule has 188 valence electrons. The van der Waals surface area contributed by atoms with Crippen molar-refractivity contribution in [2.24, 2.45) is 4.99 Å². The van der Waals surface area contributed by atoms with Gasteiger partial charge < -0.3 is 18.9 Å². The Morgan fingerprint density at radius 2 is 1.81 bits per heavy atom. The molecule has 0 N–H and O–H groups in total. The molecular formula is C27H28N2O6S. The highest BCUT2D eigenvalue weighted by molar-refractivity contribution is 7.07. The smallest absolute Gasteiger partial charge is 0.338 e. The number of para-hydroxylation sites is 1. The fourth-order valence-corrected chi connectivity index (χ4v) is 5.20. The Labute approximate surface area is 212 Å². The molecule has 0 unspecified atom stereocenters. The fourth-order valence-electron chi connectivity index (χ4n) is 4.17. The van der Waals surface area contributed by atoms with E-state index in [0.717, 1.165) is 5.56 Å². The molecule has 1 atom stereocenters. The van der Waals surface area contributed by atoms with Gasteiger partial charge in [-0.2, -0.15) is 0 Å². The molecule has 0 amide bonds. The molecule has 36 heavy (non-hydrogen) atoms. The number of fused-ring (bicyclic) bond motifs is 1. The zero-order chi connectivity index (χ0) is 25.8. The third-order valence-electron chi connectivity index (χ3n) is 5.75. The van der Waals surface area contributed by atoms with Crippen molar-refractivity contribution in [3.8, 4) is 17.2 Å². The molecule has 2 aromatic carbocycles. The number of carbonyl (C=O) groups excluding carboxylic acids is 1. The third-order valence-corrected chi connectivity index (χ3v) is 6.73. The second-order valence-electron chi connectivity index (χ2n) is 7.89. The third kappa shape index (κ3) is 4.66. The Hall–Kier alpha value is -3.85. The highest BCUT2D eigenvalue weighted by atomic mass is 32.1. The summed E-state index contributed by atoms with van der Waals surface area (Å²) in [4.78, 5) is 32.0. The van der Waals surface area contributed by atoms with Crippen LogP contribution in [0.4, 0.5) is 0 Å². The van der Waals surface area contributed by atoms with Crippen molar-refractivity contribution in [2.45, 2.75) is 26.8 Å². The standard InChI is InChI=1S/C27H28N2O6S/c1-6-34-21-14-18(12-13-20(21)33-5)24-23(26(31)35-7-2)16(3)28-27-29(24)25(30)22(36-27)15-17-10-8-9-11-19(17)32-4/h8-15,24H,6-7H2,1-5H3/b22-15+/t24-/m0/s1. The Balaban J connectivity index is 1.98. The average molecular weight is 509 g/mol. The van der Waals surface area contributed by atoms with Gasteiger partial charge in [0.05, 0.1) is 49.3 Å². The monoisotopic (exact) mass is 508 g/mol. The number of aromatic nitrogens is 1. The second kappa shape index (κ2) is 10.8. The van der Waals surface area contributed by atoms with E-state index in [4.69, 9.17) is 18.9 Å². The van der Waals surface area contributed by atoms with Crippen LogP contribution in [0.15, 0.2) is 63.5 Å². The highest BCUT2D eigenvalue weighted by Crippen LogP contribution is 2.36. The van der Waals surface area contributed by atoms with Gasteiger partial charge in [0.1, 0.15) is 5.75 Å². The Bertz CT molecular complexity index is 1500. The van der Waals surface area contributed by atoms with Crippen molar-refractivity contribution in [3.05, 3.63) is 84.5 Å². The zero-order valence-corrected chi connectivity index (χ0v) is 21.7. The van der Waals surface area contributed by atoms with Crippen LogP contribution >= 0.6 is 11.3 Å². The van der Waals surface area contributed by atoms with Crippen molar-refractivity contribution in [1.29, 1.82) is 0 Å². The summed E-state index contributed by atoms with van der Waals surface area (Å²) in [5, 5.41) is 0. The van der Waals surface area contributed by atoms with E-state index in [-0.39, 0.29) is 12.2 Å². The van der Waals surface area contributed by atoms with Crippen LogP contribution < -0.4 is 29.1 Å². The Morgan fingerprint density at radius 3 is 2.50 bits per heavy atom. The van der Waals surface area contributed by atoms with Crippen LogP contribution in [0.2, 0.25) is 0 Å². The molecule has 0 spiro atoms. The molecule has 9 heteroatoms. The Morgan fingerprint density at radius 1 is 1.06 bits per heavy atom. The van der Waals surface area contributed by atoms with E-state index in [1.807, 2.05) is 37.3 Å². The maximum atomic E-state index is 13.8. The van der Waals surface area contributed by atoms with E-state index in [1.54, 1.807) is 50.8 Å². The largest absolute Gasteiger partial charge is 0.496 e. The van der Waals surface area contributed by atoms with Crippen LogP contribution in [-0.2, 0) is 9.53 Å². The van der Waals surface area contributed by atoms with Gasteiger partial charge in [-0.1, -0.05) is 35.6 Å². The first-order valence-electron chi connectivity index (χ1n) is 11.6. The lowest BCUT2D eigenvalue weighted by Crippen LogP contribution is -2.40. The van der Waals surface area contributed by atoms with Crippen molar-refractivity contribution in [2.75, 3.05) is 27.4 Å². The number of nitrogens with zero attached hydrogens (tertiary/aromatic N) is 2. The summed E-state index contributed by atoms with van der Waals surface area (Å²) in [6.45, 7) is 6.00. The van der Waals surface area contributed by atoms with Crippen LogP contribution in [0, 0.1) is 0 Å². The highest BCUT2D eigenvalue weighted by Gasteiger charge is 2.34. The van der Waals surface area contributed by atoms with Gasteiger partial charge in [0.2, 0.25) is 0 Å². The van der Waals surface area contributed by atoms with E-state index in [9.17, 15) is 9.59 Å². The van der Waals surface area contributed by atoms with Crippen LogP contribution in [0.1, 0.15) is 37.9 Å². The molecule has 3 aromatic rings. The molecule has 0 saturated heterocycles. The SMILES string of the molecule is CCOC(=O)C1=C(C)N=c2s/c(=C/c3ccccc3OC)c(=O)n2[C@H]1c1ccc(OC)c(OCC)c1. The van der Waals surface area contributed by atoms with Gasteiger partial charge >= 0.3 is 5.97 Å². The fraction of sp³-hybridized carbons (Fsp3) is 0.296. The minimum Gasteiger partial charge on any atom is -0.496 e. The number of thiazole rings is 1. The maximum Gasteiger partial charge on any atom is 0.338 e. The summed E-state index contributed by atoms with van der Waals surface area (Å²) in [6, 6.07) is 12.1. The summed E-state index contributed by atoms with van der Waals surface area (Å²) in [5.74, 6) is 1.21. The predicted octanol–water partition coefficient (Wildman–Crippen LogP) is 3.21. The quantitative estimate of drug-likeness (QED) is 0.434. The first-order chi connectivity index (χ1) is 17.4. The van der Waals surface area contributed by atoms with Gasteiger partial charge in [-0.3, -0.25) is 9.36 Å². The summed E-state index contributed by atoms with van der Waals surface area (Å²) >= 11 is 1.26. The van der Waals surface area contributed by atoms with Gasteiger partial charge in [0, 0.05) is 5.56 Å². The normalized spacial score (nSPS) is 15.2. The molecule has 0 radical (unpaired) electrons. The summed E-state index contributed by atoms with van der Waals surface area (Å²) in [5.41, 5.74) is 1.99. The molecule has 4 rings (SSSR count). The van der Waals surface area contributed by atoms with Crippen molar-refractivity contribution < 1.29 is 23.7 Å². The van der Waals surface area contributed by atoms with E-state index in [0.29, 0.717) is 50.0 Å². The maximum absolute atomic E-state index is 13.8. The molecule has 1 aliphatic rings. The molecule has 1 aliphatic heterocycles. The topological polar surface area (TPSA) is 88.4 Å². The molecule has 1 aromatic heterocycles. The van der Waals surface area contributed by atoms with E-state index in [1.165, 1.54) is 11.3 Å². The molecule has 8 nitrogen and oxygen atoms in total. The number of benzene rings is 2. The zero-order valence-electron chi connectivity index (χ0n) is 20.9. The minimum absolute atomic E-state index is 0.202. The molecule has 0 saturated carbocycles. The van der Waals surface area contributed by atoms with Crippen molar-refractivity contribution in [1.82, 2.24) is 4.57 Å². The van der Waals surface area contributed by atoms with Crippen LogP contribution in [0.3, 0.4) is 0 Å². The van der Waals surface area contributed by atoms with Crippen LogP contribution in [0.25, 0.3) is 6.08 Å². The first kappa shape index (κ1) is 25.2. The lowest BCUT2D eigenvalue weighted by atomic mass is 9.95. The molecular weight excluding hydrogens is 480 g/mol. The minimum atomic E-state index is -0.745. The lowest BCUT2D eigenvalue weighted by molar-refractivity contribution is -0.139. The van der Waals surface area contributed by atoms with Crippen LogP contribution in [-0.4, -0.2) is 38.0 Å². The van der Waals surface area contributed by atoms with E-state index < -0.39 is 12.0 Å². The van der Waals surface area contributed by atoms with Gasteiger partial charge in [-0.05, 0) is 50.6 Å². The van der Waals surface area contributed by atoms with Gasteiger partial charge in [-0.25, -0.2) is 9.79 Å². The van der Waals surface area contributed by atoms with Gasteiger partial charge in [-0.15, -0.1) is 0 Å². The number of ether oxygens (including phenoxy) is 4.